The van der Waals surface area contributed by atoms with Crippen molar-refractivity contribution >= 4 is 17.7 Å². The molecule has 2 aromatic carbocycles. The maximum atomic E-state index is 12.9. The standard InChI is InChI=1S/C26H33N5OS/c1-20(22-12-6-3-7-13-22)18-27-25(32)21(2)33-26-29-28-24(19-30-16-10-5-11-17-30)31(26)23-14-8-4-9-15-23/h3-4,6-9,12-15,20-21H,5,10-11,16-19H2,1-2H3,(H,27,32). The lowest BCUT2D eigenvalue weighted by molar-refractivity contribution is -0.120. The van der Waals surface area contributed by atoms with Crippen molar-refractivity contribution in [2.45, 2.75) is 56.0 Å². The van der Waals surface area contributed by atoms with Gasteiger partial charge in [0.15, 0.2) is 11.0 Å². The minimum absolute atomic E-state index is 0.0166. The molecule has 174 valence electrons. The molecule has 2 atom stereocenters. The van der Waals surface area contributed by atoms with E-state index in [1.54, 1.807) is 0 Å². The van der Waals surface area contributed by atoms with Gasteiger partial charge < -0.3 is 5.32 Å². The van der Waals surface area contributed by atoms with Crippen LogP contribution in [-0.4, -0.2) is 50.5 Å². The second-order valence-electron chi connectivity index (χ2n) is 8.72. The molecule has 1 fully saturated rings. The van der Waals surface area contributed by atoms with Crippen LogP contribution < -0.4 is 5.32 Å². The number of carbonyl (C=O) groups excluding carboxylic acids is 1. The summed E-state index contributed by atoms with van der Waals surface area (Å²) in [6.45, 7) is 7.65. The Morgan fingerprint density at radius 3 is 2.33 bits per heavy atom. The van der Waals surface area contributed by atoms with Gasteiger partial charge in [-0.2, -0.15) is 0 Å². The lowest BCUT2D eigenvalue weighted by Gasteiger charge is -2.26. The van der Waals surface area contributed by atoms with Gasteiger partial charge >= 0.3 is 0 Å². The molecule has 1 saturated heterocycles. The van der Waals surface area contributed by atoms with Gasteiger partial charge in [-0.05, 0) is 56.5 Å². The van der Waals surface area contributed by atoms with Gasteiger partial charge in [-0.1, -0.05) is 73.6 Å². The Labute approximate surface area is 200 Å². The van der Waals surface area contributed by atoms with Crippen LogP contribution in [0.2, 0.25) is 0 Å². The summed E-state index contributed by atoms with van der Waals surface area (Å²) >= 11 is 1.46. The number of nitrogens with zero attached hydrogens (tertiary/aromatic N) is 4. The third kappa shape index (κ3) is 6.24. The number of aromatic nitrogens is 3. The van der Waals surface area contributed by atoms with Gasteiger partial charge in [0.1, 0.15) is 0 Å². The maximum Gasteiger partial charge on any atom is 0.233 e. The van der Waals surface area contributed by atoms with E-state index < -0.39 is 0 Å². The van der Waals surface area contributed by atoms with Gasteiger partial charge in [-0.3, -0.25) is 14.3 Å². The lowest BCUT2D eigenvalue weighted by Crippen LogP contribution is -2.33. The molecule has 2 heterocycles. The molecule has 7 heteroatoms. The molecule has 1 aliphatic heterocycles. The van der Waals surface area contributed by atoms with Crippen LogP contribution >= 0.6 is 11.8 Å². The van der Waals surface area contributed by atoms with Crippen LogP contribution in [-0.2, 0) is 11.3 Å². The molecule has 0 radical (unpaired) electrons. The molecule has 33 heavy (non-hydrogen) atoms. The van der Waals surface area contributed by atoms with Crippen molar-refractivity contribution in [1.82, 2.24) is 25.0 Å². The number of amides is 1. The van der Waals surface area contributed by atoms with E-state index in [4.69, 9.17) is 0 Å². The van der Waals surface area contributed by atoms with Crippen LogP contribution in [0.4, 0.5) is 0 Å². The van der Waals surface area contributed by atoms with E-state index in [0.29, 0.717) is 6.54 Å². The molecule has 4 rings (SSSR count). The first-order valence-corrected chi connectivity index (χ1v) is 12.7. The van der Waals surface area contributed by atoms with Crippen LogP contribution in [0, 0.1) is 0 Å². The van der Waals surface area contributed by atoms with Gasteiger partial charge in [0.05, 0.1) is 11.8 Å². The maximum absolute atomic E-state index is 12.9. The molecule has 0 saturated carbocycles. The molecule has 6 nitrogen and oxygen atoms in total. The quantitative estimate of drug-likeness (QED) is 0.468. The zero-order valence-electron chi connectivity index (χ0n) is 19.5. The molecule has 1 N–H and O–H groups in total. The lowest BCUT2D eigenvalue weighted by atomic mass is 10.0. The van der Waals surface area contributed by atoms with E-state index in [0.717, 1.165) is 36.3 Å². The van der Waals surface area contributed by atoms with Crippen LogP contribution in [0.3, 0.4) is 0 Å². The Bertz CT molecular complexity index is 1020. The van der Waals surface area contributed by atoms with Crippen LogP contribution in [0.1, 0.15) is 50.4 Å². The zero-order valence-corrected chi connectivity index (χ0v) is 20.3. The first-order valence-electron chi connectivity index (χ1n) is 11.8. The molecule has 1 aliphatic rings. The van der Waals surface area contributed by atoms with Gasteiger partial charge in [0.25, 0.3) is 0 Å². The Hall–Kier alpha value is -2.64. The first-order chi connectivity index (χ1) is 16.1. The predicted octanol–water partition coefficient (Wildman–Crippen LogP) is 4.65. The average Bonchev–Trinajstić information content (AvgIpc) is 3.25. The molecule has 0 aliphatic carbocycles. The number of piperidine rings is 1. The highest BCUT2D eigenvalue weighted by atomic mass is 32.2. The number of rotatable bonds is 9. The number of benzene rings is 2. The molecule has 3 aromatic rings. The van der Waals surface area contributed by atoms with Gasteiger partial charge in [-0.15, -0.1) is 10.2 Å². The third-order valence-corrected chi connectivity index (χ3v) is 7.17. The number of hydrogen-bond acceptors (Lipinski definition) is 5. The number of thioether (sulfide) groups is 1. The van der Waals surface area contributed by atoms with Crippen molar-refractivity contribution in [3.8, 4) is 5.69 Å². The minimum atomic E-state index is -0.275. The third-order valence-electron chi connectivity index (χ3n) is 6.13. The largest absolute Gasteiger partial charge is 0.355 e. The van der Waals surface area contributed by atoms with Crippen molar-refractivity contribution in [1.29, 1.82) is 0 Å². The fourth-order valence-electron chi connectivity index (χ4n) is 4.14. The summed E-state index contributed by atoms with van der Waals surface area (Å²) in [7, 11) is 0. The predicted molar refractivity (Wildman–Crippen MR) is 134 cm³/mol. The number of carbonyl (C=O) groups is 1. The SMILES string of the molecule is CC(Sc1nnc(CN2CCCCC2)n1-c1ccccc1)C(=O)NCC(C)c1ccccc1. The van der Waals surface area contributed by atoms with Crippen molar-refractivity contribution in [3.63, 3.8) is 0 Å². The second-order valence-corrected chi connectivity index (χ2v) is 10.0. The number of likely N-dealkylation sites (tertiary alicyclic amines) is 1. The van der Waals surface area contributed by atoms with Crippen molar-refractivity contribution < 1.29 is 4.79 Å². The number of nitrogens with one attached hydrogen (secondary N) is 1. The van der Waals surface area contributed by atoms with Crippen LogP contribution in [0.5, 0.6) is 0 Å². The molecular formula is C26H33N5OS. The summed E-state index contributed by atoms with van der Waals surface area (Å²) in [5.74, 6) is 1.20. The molecular weight excluding hydrogens is 430 g/mol. The molecule has 2 unspecified atom stereocenters. The molecule has 1 aromatic heterocycles. The minimum Gasteiger partial charge on any atom is -0.355 e. The van der Waals surface area contributed by atoms with E-state index in [9.17, 15) is 4.79 Å². The summed E-state index contributed by atoms with van der Waals surface area (Å²) in [5.41, 5.74) is 2.26. The highest BCUT2D eigenvalue weighted by Gasteiger charge is 2.23. The Morgan fingerprint density at radius 1 is 0.970 bits per heavy atom. The normalized spacial score (nSPS) is 16.3. The van der Waals surface area contributed by atoms with Gasteiger partial charge in [0, 0.05) is 12.2 Å². The Morgan fingerprint density at radius 2 is 1.64 bits per heavy atom. The second kappa shape index (κ2) is 11.5. The van der Waals surface area contributed by atoms with E-state index >= 15 is 0 Å². The van der Waals surface area contributed by atoms with Gasteiger partial charge in [0.2, 0.25) is 5.91 Å². The van der Waals surface area contributed by atoms with Crippen LogP contribution in [0.15, 0.2) is 65.8 Å². The highest BCUT2D eigenvalue weighted by Crippen LogP contribution is 2.27. The zero-order chi connectivity index (χ0) is 23.0. The summed E-state index contributed by atoms with van der Waals surface area (Å²) in [6, 6.07) is 20.5. The number of para-hydroxylation sites is 1. The fourth-order valence-corrected chi connectivity index (χ4v) is 5.05. The smallest absolute Gasteiger partial charge is 0.233 e. The first kappa shape index (κ1) is 23.5. The van der Waals surface area contributed by atoms with Crippen molar-refractivity contribution in [3.05, 3.63) is 72.1 Å². The summed E-state index contributed by atoms with van der Waals surface area (Å²) in [4.78, 5) is 15.3. The average molecular weight is 464 g/mol. The topological polar surface area (TPSA) is 63.1 Å². The summed E-state index contributed by atoms with van der Waals surface area (Å²) < 4.78 is 2.11. The van der Waals surface area contributed by atoms with Crippen molar-refractivity contribution in [2.75, 3.05) is 19.6 Å². The van der Waals surface area contributed by atoms with Crippen molar-refractivity contribution in [2.24, 2.45) is 0 Å². The Kier molecular flexibility index (Phi) is 8.18. The van der Waals surface area contributed by atoms with Gasteiger partial charge in [-0.25, -0.2) is 0 Å². The summed E-state index contributed by atoms with van der Waals surface area (Å²) in [5, 5.41) is 12.6. The molecule has 1 amide bonds. The number of hydrogen-bond donors (Lipinski definition) is 1. The van der Waals surface area contributed by atoms with E-state index in [1.807, 2.05) is 43.3 Å². The fraction of sp³-hybridized carbons (Fsp3) is 0.423. The highest BCUT2D eigenvalue weighted by molar-refractivity contribution is 8.00. The monoisotopic (exact) mass is 463 g/mol. The Balaban J connectivity index is 1.44. The van der Waals surface area contributed by atoms with Crippen LogP contribution in [0.25, 0.3) is 5.69 Å². The molecule has 0 bridgehead atoms. The van der Waals surface area contributed by atoms with E-state index in [1.165, 1.54) is 36.6 Å². The van der Waals surface area contributed by atoms with E-state index in [-0.39, 0.29) is 17.1 Å². The molecule has 0 spiro atoms. The summed E-state index contributed by atoms with van der Waals surface area (Å²) in [6.07, 6.45) is 3.78. The van der Waals surface area contributed by atoms with E-state index in [2.05, 4.69) is 56.2 Å².